The predicted octanol–water partition coefficient (Wildman–Crippen LogP) is 0.690. The average Bonchev–Trinajstić information content (AvgIpc) is 2.32. The molecule has 0 bridgehead atoms. The first kappa shape index (κ1) is 10.1. The molecule has 0 unspecified atom stereocenters. The zero-order valence-electron chi connectivity index (χ0n) is 7.79. The van der Waals surface area contributed by atoms with Gasteiger partial charge in [0.2, 0.25) is 11.0 Å². The number of aromatic nitrogens is 2. The molecule has 6 heteroatoms. The number of rotatable bonds is 2. The van der Waals surface area contributed by atoms with E-state index >= 15 is 0 Å². The molecule has 13 heavy (non-hydrogen) atoms. The second-order valence-corrected chi connectivity index (χ2v) is 4.29. The van der Waals surface area contributed by atoms with Gasteiger partial charge in [0.05, 0.1) is 5.54 Å². The van der Waals surface area contributed by atoms with Crippen LogP contribution in [0.15, 0.2) is 0 Å². The topological polar surface area (TPSA) is 80.9 Å². The van der Waals surface area contributed by atoms with Crippen LogP contribution in [-0.2, 0) is 10.3 Å². The molecule has 72 valence electrons. The Balaban J connectivity index is 2.81. The minimum Gasteiger partial charge on any atom is -0.320 e. The summed E-state index contributed by atoms with van der Waals surface area (Å²) in [6.07, 6.45) is 0. The summed E-state index contributed by atoms with van der Waals surface area (Å²) < 4.78 is 0. The molecule has 0 aromatic carbocycles. The molecule has 0 fully saturated rings. The van der Waals surface area contributed by atoms with Crippen LogP contribution >= 0.6 is 11.3 Å². The Morgan fingerprint density at radius 3 is 2.54 bits per heavy atom. The van der Waals surface area contributed by atoms with E-state index in [0.717, 1.165) is 0 Å². The second kappa shape index (κ2) is 3.39. The van der Waals surface area contributed by atoms with E-state index in [1.54, 1.807) is 0 Å². The number of hydrogen-bond acceptors (Lipinski definition) is 5. The number of nitrogens with zero attached hydrogens (tertiary/aromatic N) is 2. The first-order valence-corrected chi connectivity index (χ1v) is 4.61. The van der Waals surface area contributed by atoms with E-state index in [2.05, 4.69) is 15.5 Å². The van der Waals surface area contributed by atoms with Gasteiger partial charge in [-0.2, -0.15) is 0 Å². The predicted molar refractivity (Wildman–Crippen MR) is 51.4 cm³/mol. The Morgan fingerprint density at radius 1 is 1.54 bits per heavy atom. The van der Waals surface area contributed by atoms with Crippen LogP contribution in [0.2, 0.25) is 0 Å². The molecule has 1 heterocycles. The highest BCUT2D eigenvalue weighted by Crippen LogP contribution is 2.23. The lowest BCUT2D eigenvalue weighted by atomic mass is 10.1. The summed E-state index contributed by atoms with van der Waals surface area (Å²) in [7, 11) is 0. The zero-order chi connectivity index (χ0) is 10.1. The van der Waals surface area contributed by atoms with Crippen molar-refractivity contribution in [1.29, 1.82) is 0 Å². The number of carbonyl (C=O) groups excluding carboxylic acids is 1. The Bertz CT molecular complexity index is 315. The van der Waals surface area contributed by atoms with Crippen LogP contribution in [0.1, 0.15) is 25.8 Å². The SMILES string of the molecule is CC(=O)Nc1nnc(C(C)(C)N)s1. The highest BCUT2D eigenvalue weighted by atomic mass is 32.1. The molecule has 0 atom stereocenters. The van der Waals surface area contributed by atoms with E-state index in [1.807, 2.05) is 13.8 Å². The number of hydrogen-bond donors (Lipinski definition) is 2. The number of amides is 1. The third kappa shape index (κ3) is 2.74. The Labute approximate surface area is 80.4 Å². The summed E-state index contributed by atoms with van der Waals surface area (Å²) in [5.41, 5.74) is 5.29. The van der Waals surface area contributed by atoms with E-state index in [-0.39, 0.29) is 5.91 Å². The van der Waals surface area contributed by atoms with Crippen molar-refractivity contribution in [3.63, 3.8) is 0 Å². The van der Waals surface area contributed by atoms with E-state index in [4.69, 9.17) is 5.73 Å². The average molecular weight is 200 g/mol. The molecular formula is C7H12N4OS. The molecule has 0 saturated carbocycles. The molecular weight excluding hydrogens is 188 g/mol. The summed E-state index contributed by atoms with van der Waals surface area (Å²) in [5.74, 6) is -0.155. The van der Waals surface area contributed by atoms with Gasteiger partial charge in [-0.1, -0.05) is 11.3 Å². The number of nitrogens with one attached hydrogen (secondary N) is 1. The van der Waals surface area contributed by atoms with Crippen molar-refractivity contribution in [1.82, 2.24) is 10.2 Å². The molecule has 0 radical (unpaired) electrons. The molecule has 0 spiro atoms. The molecule has 3 N–H and O–H groups in total. The summed E-state index contributed by atoms with van der Waals surface area (Å²) in [4.78, 5) is 10.7. The number of nitrogens with two attached hydrogens (primary N) is 1. The maximum absolute atomic E-state index is 10.7. The first-order chi connectivity index (χ1) is 5.89. The van der Waals surface area contributed by atoms with Crippen LogP contribution in [0.4, 0.5) is 5.13 Å². The number of carbonyl (C=O) groups is 1. The molecule has 0 aliphatic carbocycles. The number of anilines is 1. The van der Waals surface area contributed by atoms with Crippen molar-refractivity contribution >= 4 is 22.4 Å². The van der Waals surface area contributed by atoms with Gasteiger partial charge in [0.25, 0.3) is 0 Å². The van der Waals surface area contributed by atoms with Crippen LogP contribution in [0.3, 0.4) is 0 Å². The monoisotopic (exact) mass is 200 g/mol. The van der Waals surface area contributed by atoms with Gasteiger partial charge in [0, 0.05) is 6.92 Å². The molecule has 1 aromatic heterocycles. The van der Waals surface area contributed by atoms with E-state index < -0.39 is 5.54 Å². The summed E-state index contributed by atoms with van der Waals surface area (Å²) in [6.45, 7) is 5.10. The maximum atomic E-state index is 10.7. The van der Waals surface area contributed by atoms with Crippen LogP contribution in [0.25, 0.3) is 0 Å². The second-order valence-electron chi connectivity index (χ2n) is 3.32. The summed E-state index contributed by atoms with van der Waals surface area (Å²) >= 11 is 1.29. The Morgan fingerprint density at radius 2 is 2.15 bits per heavy atom. The molecule has 0 aliphatic rings. The highest BCUT2D eigenvalue weighted by molar-refractivity contribution is 7.15. The summed E-state index contributed by atoms with van der Waals surface area (Å²) in [6, 6.07) is 0. The highest BCUT2D eigenvalue weighted by Gasteiger charge is 2.19. The maximum Gasteiger partial charge on any atom is 0.223 e. The van der Waals surface area contributed by atoms with Gasteiger partial charge in [0.15, 0.2) is 0 Å². The van der Waals surface area contributed by atoms with Gasteiger partial charge in [-0.3, -0.25) is 4.79 Å². The minimum atomic E-state index is -0.506. The molecule has 1 amide bonds. The lowest BCUT2D eigenvalue weighted by molar-refractivity contribution is -0.114. The standard InChI is InChI=1S/C7H12N4OS/c1-4(12)9-6-11-10-5(13-6)7(2,3)8/h8H2,1-3H3,(H,9,11,12). The molecule has 1 aromatic rings. The van der Waals surface area contributed by atoms with Crippen LogP contribution in [-0.4, -0.2) is 16.1 Å². The van der Waals surface area contributed by atoms with Crippen molar-refractivity contribution in [3.05, 3.63) is 5.01 Å². The Kier molecular flexibility index (Phi) is 2.63. The van der Waals surface area contributed by atoms with Crippen molar-refractivity contribution < 1.29 is 4.79 Å². The van der Waals surface area contributed by atoms with Gasteiger partial charge in [-0.05, 0) is 13.8 Å². The molecule has 1 rings (SSSR count). The van der Waals surface area contributed by atoms with Gasteiger partial charge in [0.1, 0.15) is 5.01 Å². The van der Waals surface area contributed by atoms with Gasteiger partial charge >= 0.3 is 0 Å². The van der Waals surface area contributed by atoms with Crippen molar-refractivity contribution in [3.8, 4) is 0 Å². The minimum absolute atomic E-state index is 0.155. The fourth-order valence-corrected chi connectivity index (χ4v) is 1.49. The zero-order valence-corrected chi connectivity index (χ0v) is 8.60. The van der Waals surface area contributed by atoms with Crippen molar-refractivity contribution in [2.24, 2.45) is 5.73 Å². The lowest BCUT2D eigenvalue weighted by Crippen LogP contribution is -2.28. The molecule has 0 aliphatic heterocycles. The van der Waals surface area contributed by atoms with E-state index in [0.29, 0.717) is 10.1 Å². The Hall–Kier alpha value is -1.01. The van der Waals surface area contributed by atoms with E-state index in [9.17, 15) is 4.79 Å². The molecule has 5 nitrogen and oxygen atoms in total. The summed E-state index contributed by atoms with van der Waals surface area (Å²) in [5, 5.41) is 11.4. The first-order valence-electron chi connectivity index (χ1n) is 3.80. The van der Waals surface area contributed by atoms with Crippen molar-refractivity contribution in [2.45, 2.75) is 26.3 Å². The van der Waals surface area contributed by atoms with Crippen LogP contribution in [0.5, 0.6) is 0 Å². The third-order valence-corrected chi connectivity index (χ3v) is 2.44. The lowest BCUT2D eigenvalue weighted by Gasteiger charge is -2.12. The third-order valence-electron chi connectivity index (χ3n) is 1.26. The largest absolute Gasteiger partial charge is 0.320 e. The van der Waals surface area contributed by atoms with Crippen LogP contribution in [0, 0.1) is 0 Å². The van der Waals surface area contributed by atoms with E-state index in [1.165, 1.54) is 18.3 Å². The van der Waals surface area contributed by atoms with Gasteiger partial charge in [-0.15, -0.1) is 10.2 Å². The fourth-order valence-electron chi connectivity index (χ4n) is 0.685. The quantitative estimate of drug-likeness (QED) is 0.736. The normalized spacial score (nSPS) is 11.4. The van der Waals surface area contributed by atoms with Gasteiger partial charge in [-0.25, -0.2) is 0 Å². The van der Waals surface area contributed by atoms with Crippen LogP contribution < -0.4 is 11.1 Å². The van der Waals surface area contributed by atoms with Crippen molar-refractivity contribution in [2.75, 3.05) is 5.32 Å². The van der Waals surface area contributed by atoms with Gasteiger partial charge < -0.3 is 11.1 Å². The molecule has 0 saturated heterocycles. The smallest absolute Gasteiger partial charge is 0.223 e. The fraction of sp³-hybridized carbons (Fsp3) is 0.571.